The van der Waals surface area contributed by atoms with Crippen molar-refractivity contribution in [1.82, 2.24) is 0 Å². The molecular weight excluding hydrogens is 630 g/mol. The highest BCUT2D eigenvalue weighted by Gasteiger charge is 2.31. The van der Waals surface area contributed by atoms with Crippen LogP contribution in [0.1, 0.15) is 187 Å². The Bertz CT molecular complexity index is 838. The highest BCUT2D eigenvalue weighted by Crippen LogP contribution is 2.14. The zero-order valence-corrected chi connectivity index (χ0v) is 33.4. The van der Waals surface area contributed by atoms with Crippen molar-refractivity contribution in [2.24, 2.45) is 0 Å². The largest absolute Gasteiger partial charge is 0.477 e. The summed E-state index contributed by atoms with van der Waals surface area (Å²) in [5.74, 6) is -1.47. The molecule has 0 bridgehead atoms. The highest BCUT2D eigenvalue weighted by molar-refractivity contribution is 5.72. The number of carboxylic acids is 1. The highest BCUT2D eigenvalue weighted by atomic mass is 16.6. The van der Waals surface area contributed by atoms with Crippen molar-refractivity contribution in [3.05, 3.63) is 12.2 Å². The van der Waals surface area contributed by atoms with Crippen LogP contribution in [0.2, 0.25) is 0 Å². The van der Waals surface area contributed by atoms with Crippen molar-refractivity contribution in [3.8, 4) is 0 Å². The zero-order valence-electron chi connectivity index (χ0n) is 33.4. The Morgan fingerprint density at radius 3 is 1.44 bits per heavy atom. The molecule has 2 unspecified atom stereocenters. The van der Waals surface area contributed by atoms with E-state index in [1.54, 1.807) is 0 Å². The Balaban J connectivity index is 4.38. The quantitative estimate of drug-likeness (QED) is 0.0296. The van der Waals surface area contributed by atoms with Gasteiger partial charge in [-0.15, -0.1) is 0 Å². The number of ether oxygens (including phenoxy) is 3. The van der Waals surface area contributed by atoms with Crippen molar-refractivity contribution < 1.29 is 38.2 Å². The molecule has 0 aliphatic carbocycles. The molecule has 0 aromatic rings. The zero-order chi connectivity index (χ0) is 37.1. The molecule has 0 spiro atoms. The Morgan fingerprint density at radius 2 is 1.00 bits per heavy atom. The molecule has 0 rings (SSSR count). The van der Waals surface area contributed by atoms with Gasteiger partial charge < -0.3 is 23.8 Å². The number of aliphatic carboxylic acids is 1. The van der Waals surface area contributed by atoms with Crippen LogP contribution >= 0.6 is 0 Å². The summed E-state index contributed by atoms with van der Waals surface area (Å²) >= 11 is 0. The van der Waals surface area contributed by atoms with E-state index in [-0.39, 0.29) is 36.2 Å². The van der Waals surface area contributed by atoms with Crippen LogP contribution in [-0.4, -0.2) is 80.6 Å². The van der Waals surface area contributed by atoms with Gasteiger partial charge in [0.1, 0.15) is 6.61 Å². The van der Waals surface area contributed by atoms with Crippen LogP contribution in [0.3, 0.4) is 0 Å². The van der Waals surface area contributed by atoms with E-state index in [1.165, 1.54) is 103 Å². The third-order valence-corrected chi connectivity index (χ3v) is 9.41. The summed E-state index contributed by atoms with van der Waals surface area (Å²) in [6.45, 7) is 4.72. The minimum atomic E-state index is -0.875. The first-order valence-electron chi connectivity index (χ1n) is 20.7. The third-order valence-electron chi connectivity index (χ3n) is 9.41. The lowest BCUT2D eigenvalue weighted by molar-refractivity contribution is -0.887. The van der Waals surface area contributed by atoms with Gasteiger partial charge >= 0.3 is 17.9 Å². The number of quaternary nitrogens is 1. The van der Waals surface area contributed by atoms with Crippen molar-refractivity contribution in [1.29, 1.82) is 0 Å². The molecule has 0 aromatic heterocycles. The van der Waals surface area contributed by atoms with Gasteiger partial charge in [0.15, 0.2) is 12.1 Å². The first-order chi connectivity index (χ1) is 24.1. The molecule has 1 N–H and O–H groups in total. The summed E-state index contributed by atoms with van der Waals surface area (Å²) in [6.07, 6.45) is 33.9. The molecule has 0 saturated heterocycles. The number of carboxylic acid groups (broad SMARTS) is 1. The van der Waals surface area contributed by atoms with E-state index in [0.717, 1.165) is 51.4 Å². The molecule has 294 valence electrons. The van der Waals surface area contributed by atoms with Crippen LogP contribution in [0.15, 0.2) is 12.2 Å². The van der Waals surface area contributed by atoms with Crippen LogP contribution in [-0.2, 0) is 28.6 Å². The van der Waals surface area contributed by atoms with Crippen LogP contribution < -0.4 is 0 Å². The fraction of sp³-hybridized carbons (Fsp3) is 0.881. The lowest BCUT2D eigenvalue weighted by Gasteiger charge is -2.31. The number of rotatable bonds is 37. The molecule has 0 radical (unpaired) electrons. The summed E-state index contributed by atoms with van der Waals surface area (Å²) in [6, 6.07) is -0.610. The number of esters is 2. The van der Waals surface area contributed by atoms with Crippen LogP contribution in [0, 0.1) is 0 Å². The monoisotopic (exact) mass is 711 g/mol. The molecule has 0 aliphatic heterocycles. The maximum atomic E-state index is 12.7. The second kappa shape index (κ2) is 34.2. The summed E-state index contributed by atoms with van der Waals surface area (Å²) < 4.78 is 17.2. The molecule has 0 saturated carbocycles. The number of nitrogens with zero attached hydrogens (tertiary/aromatic N) is 1. The van der Waals surface area contributed by atoms with E-state index < -0.39 is 18.1 Å². The Kier molecular flexibility index (Phi) is 32.9. The topological polar surface area (TPSA) is 99.1 Å². The van der Waals surface area contributed by atoms with Crippen molar-refractivity contribution in [2.75, 3.05) is 41.0 Å². The molecular formula is C42H80NO7+. The smallest absolute Gasteiger partial charge is 0.362 e. The lowest BCUT2D eigenvalue weighted by atomic mass is 10.0. The third kappa shape index (κ3) is 32.0. The van der Waals surface area contributed by atoms with Crippen LogP contribution in [0.25, 0.3) is 0 Å². The number of carbonyl (C=O) groups excluding carboxylic acids is 2. The number of carbonyl (C=O) groups is 3. The van der Waals surface area contributed by atoms with Gasteiger partial charge in [0, 0.05) is 19.3 Å². The van der Waals surface area contributed by atoms with E-state index >= 15 is 0 Å². The van der Waals surface area contributed by atoms with E-state index in [4.69, 9.17) is 14.2 Å². The molecule has 8 heteroatoms. The van der Waals surface area contributed by atoms with E-state index in [1.807, 2.05) is 21.1 Å². The van der Waals surface area contributed by atoms with Gasteiger partial charge in [0.05, 0.1) is 34.4 Å². The van der Waals surface area contributed by atoms with Gasteiger partial charge in [-0.2, -0.15) is 0 Å². The van der Waals surface area contributed by atoms with Crippen molar-refractivity contribution in [2.45, 2.75) is 199 Å². The molecule has 50 heavy (non-hydrogen) atoms. The first kappa shape index (κ1) is 48.1. The second-order valence-electron chi connectivity index (χ2n) is 15.2. The van der Waals surface area contributed by atoms with Crippen LogP contribution in [0.5, 0.6) is 0 Å². The van der Waals surface area contributed by atoms with Gasteiger partial charge in [-0.1, -0.05) is 142 Å². The molecule has 0 amide bonds. The predicted molar refractivity (Wildman–Crippen MR) is 206 cm³/mol. The maximum absolute atomic E-state index is 12.7. The Labute approximate surface area is 308 Å². The summed E-state index contributed by atoms with van der Waals surface area (Å²) in [5, 5.41) is 9.59. The number of unbranched alkanes of at least 4 members (excludes halogenated alkanes) is 21. The SMILES string of the molecule is CCCCCCC/C=C\CCCCCCCC(=O)OC(COCCC(C(=O)O)[N+](C)(C)C)COC(=O)CCCCCCCCCCCCCC. The minimum absolute atomic E-state index is 0.0488. The Morgan fingerprint density at radius 1 is 0.580 bits per heavy atom. The molecule has 2 atom stereocenters. The number of hydrogen-bond acceptors (Lipinski definition) is 6. The number of likely N-dealkylation sites (N-methyl/N-ethyl adjacent to an activating group) is 1. The van der Waals surface area contributed by atoms with Gasteiger partial charge in [-0.05, 0) is 38.5 Å². The summed E-state index contributed by atoms with van der Waals surface area (Å²) in [7, 11) is 5.52. The lowest BCUT2D eigenvalue weighted by Crippen LogP contribution is -2.50. The van der Waals surface area contributed by atoms with Gasteiger partial charge in [-0.3, -0.25) is 9.59 Å². The normalized spacial score (nSPS) is 13.1. The average Bonchev–Trinajstić information content (AvgIpc) is 3.06. The van der Waals surface area contributed by atoms with Crippen LogP contribution in [0.4, 0.5) is 0 Å². The molecule has 8 nitrogen and oxygen atoms in total. The minimum Gasteiger partial charge on any atom is -0.477 e. The fourth-order valence-corrected chi connectivity index (χ4v) is 6.14. The van der Waals surface area contributed by atoms with Crippen molar-refractivity contribution >= 4 is 17.9 Å². The summed E-state index contributed by atoms with van der Waals surface area (Å²) in [5.41, 5.74) is 0. The fourth-order valence-electron chi connectivity index (χ4n) is 6.14. The standard InChI is InChI=1S/C42H79NO7/c1-6-8-10-12-14-16-18-20-21-23-25-27-29-31-33-41(45)50-38(36-48-35-34-39(42(46)47)43(3,4)5)37-49-40(44)32-30-28-26-24-22-19-17-15-13-11-9-7-2/h18,20,38-39H,6-17,19,21-37H2,1-5H3/p+1/b20-18-. The van der Waals surface area contributed by atoms with E-state index in [9.17, 15) is 19.5 Å². The number of hydrogen-bond donors (Lipinski definition) is 1. The van der Waals surface area contributed by atoms with Gasteiger partial charge in [0.25, 0.3) is 0 Å². The molecule has 0 aromatic carbocycles. The van der Waals surface area contributed by atoms with E-state index in [2.05, 4.69) is 26.0 Å². The van der Waals surface area contributed by atoms with Gasteiger partial charge in [-0.25, -0.2) is 4.79 Å². The number of allylic oxidation sites excluding steroid dienone is 2. The van der Waals surface area contributed by atoms with Gasteiger partial charge in [0.2, 0.25) is 0 Å². The Hall–Kier alpha value is -1.93. The molecule has 0 aliphatic rings. The second-order valence-corrected chi connectivity index (χ2v) is 15.2. The van der Waals surface area contributed by atoms with Crippen molar-refractivity contribution in [3.63, 3.8) is 0 Å². The molecule has 0 heterocycles. The van der Waals surface area contributed by atoms with E-state index in [0.29, 0.717) is 19.3 Å². The average molecular weight is 711 g/mol. The maximum Gasteiger partial charge on any atom is 0.362 e. The summed E-state index contributed by atoms with van der Waals surface area (Å²) in [4.78, 5) is 36.8. The first-order valence-corrected chi connectivity index (χ1v) is 20.7. The molecule has 0 fully saturated rings. The predicted octanol–water partition coefficient (Wildman–Crippen LogP) is 10.7.